The lowest BCUT2D eigenvalue weighted by atomic mass is 9.96. The molecule has 3 nitrogen and oxygen atoms in total. The molecule has 2 unspecified atom stereocenters. The smallest absolute Gasteiger partial charge is 0.168 e. The molecule has 19 heavy (non-hydrogen) atoms. The zero-order valence-electron chi connectivity index (χ0n) is 12.2. The molecule has 4 heteroatoms. The van der Waals surface area contributed by atoms with Crippen molar-refractivity contribution in [2.75, 3.05) is 27.9 Å². The van der Waals surface area contributed by atoms with Crippen LogP contribution in [-0.4, -0.2) is 33.9 Å². The van der Waals surface area contributed by atoms with Gasteiger partial charge in [0.25, 0.3) is 0 Å². The van der Waals surface area contributed by atoms with Gasteiger partial charge < -0.3 is 14.8 Å². The highest BCUT2D eigenvalue weighted by Gasteiger charge is 2.16. The largest absolute Gasteiger partial charge is 0.494 e. The molecule has 2 atom stereocenters. The minimum Gasteiger partial charge on any atom is -0.494 e. The van der Waals surface area contributed by atoms with Gasteiger partial charge in [-0.3, -0.25) is 0 Å². The molecule has 0 aromatic heterocycles. The van der Waals surface area contributed by atoms with E-state index in [1.165, 1.54) is 7.11 Å². The molecule has 0 saturated heterocycles. The normalized spacial score (nSPS) is 14.2. The zero-order chi connectivity index (χ0) is 14.3. The van der Waals surface area contributed by atoms with Crippen molar-refractivity contribution in [1.29, 1.82) is 0 Å². The lowest BCUT2D eigenvalue weighted by Gasteiger charge is -2.20. The summed E-state index contributed by atoms with van der Waals surface area (Å²) in [6, 6.07) is 5.50. The molecule has 108 valence electrons. The van der Waals surface area contributed by atoms with E-state index in [-0.39, 0.29) is 11.9 Å². The fraction of sp³-hybridized carbons (Fsp3) is 0.600. The molecular weight excluding hydrogens is 245 g/mol. The van der Waals surface area contributed by atoms with Gasteiger partial charge in [-0.25, -0.2) is 4.39 Å². The highest BCUT2D eigenvalue weighted by Crippen LogP contribution is 2.22. The third-order valence-corrected chi connectivity index (χ3v) is 3.28. The van der Waals surface area contributed by atoms with Crippen molar-refractivity contribution in [2.24, 2.45) is 5.92 Å². The van der Waals surface area contributed by atoms with Gasteiger partial charge in [0.2, 0.25) is 0 Å². The quantitative estimate of drug-likeness (QED) is 0.787. The molecule has 1 aromatic rings. The predicted octanol–water partition coefficient (Wildman–Crippen LogP) is 2.64. The Morgan fingerprint density at radius 1 is 1.32 bits per heavy atom. The van der Waals surface area contributed by atoms with Crippen LogP contribution in [0.1, 0.15) is 18.9 Å². The van der Waals surface area contributed by atoms with Crippen LogP contribution in [-0.2, 0) is 11.2 Å². The van der Waals surface area contributed by atoms with Crippen molar-refractivity contribution < 1.29 is 13.9 Å². The van der Waals surface area contributed by atoms with Gasteiger partial charge in [-0.1, -0.05) is 19.1 Å². The molecule has 0 aliphatic heterocycles. The van der Waals surface area contributed by atoms with Crippen molar-refractivity contribution in [3.63, 3.8) is 0 Å². The molecule has 1 aromatic carbocycles. The van der Waals surface area contributed by atoms with E-state index < -0.39 is 0 Å². The van der Waals surface area contributed by atoms with Crippen molar-refractivity contribution in [1.82, 2.24) is 5.32 Å². The molecule has 0 saturated carbocycles. The second-order valence-corrected chi connectivity index (χ2v) is 4.92. The SMILES string of the molecule is CNC(Cc1cccc(OC)c1F)CC(C)COC. The Morgan fingerprint density at radius 3 is 2.63 bits per heavy atom. The molecular formula is C15H24FNO2. The number of benzene rings is 1. The number of nitrogens with one attached hydrogen (secondary N) is 1. The Kier molecular flexibility index (Phi) is 6.81. The first kappa shape index (κ1) is 15.9. The third-order valence-electron chi connectivity index (χ3n) is 3.28. The third kappa shape index (κ3) is 4.80. The molecule has 0 radical (unpaired) electrons. The summed E-state index contributed by atoms with van der Waals surface area (Å²) in [6.45, 7) is 2.86. The number of halogens is 1. The molecule has 0 spiro atoms. The van der Waals surface area contributed by atoms with Crippen LogP contribution in [0.15, 0.2) is 18.2 Å². The van der Waals surface area contributed by atoms with Gasteiger partial charge in [-0.2, -0.15) is 0 Å². The molecule has 0 amide bonds. The average molecular weight is 269 g/mol. The Balaban J connectivity index is 2.70. The van der Waals surface area contributed by atoms with Crippen LogP contribution in [0.2, 0.25) is 0 Å². The van der Waals surface area contributed by atoms with E-state index >= 15 is 0 Å². The van der Waals surface area contributed by atoms with E-state index in [0.29, 0.717) is 23.7 Å². The van der Waals surface area contributed by atoms with Crippen LogP contribution in [0.4, 0.5) is 4.39 Å². The van der Waals surface area contributed by atoms with Crippen molar-refractivity contribution in [3.05, 3.63) is 29.6 Å². The van der Waals surface area contributed by atoms with Crippen LogP contribution in [0.5, 0.6) is 5.75 Å². The van der Waals surface area contributed by atoms with E-state index in [1.807, 2.05) is 19.2 Å². The summed E-state index contributed by atoms with van der Waals surface area (Å²) >= 11 is 0. The van der Waals surface area contributed by atoms with E-state index in [9.17, 15) is 4.39 Å². The summed E-state index contributed by atoms with van der Waals surface area (Å²) in [6.07, 6.45) is 1.59. The minimum atomic E-state index is -0.260. The van der Waals surface area contributed by atoms with Gasteiger partial charge in [0.15, 0.2) is 11.6 Å². The van der Waals surface area contributed by atoms with Crippen LogP contribution < -0.4 is 10.1 Å². The maximum Gasteiger partial charge on any atom is 0.168 e. The fourth-order valence-corrected chi connectivity index (χ4v) is 2.28. The van der Waals surface area contributed by atoms with E-state index in [1.54, 1.807) is 13.2 Å². The fourth-order valence-electron chi connectivity index (χ4n) is 2.28. The van der Waals surface area contributed by atoms with Crippen LogP contribution in [0.3, 0.4) is 0 Å². The average Bonchev–Trinajstić information content (AvgIpc) is 2.40. The summed E-state index contributed by atoms with van der Waals surface area (Å²) < 4.78 is 24.2. The molecule has 0 fully saturated rings. The Hall–Kier alpha value is -1.13. The van der Waals surface area contributed by atoms with Gasteiger partial charge in [0.05, 0.1) is 7.11 Å². The molecule has 1 rings (SSSR count). The molecule has 0 heterocycles. The number of rotatable bonds is 8. The maximum absolute atomic E-state index is 14.1. The zero-order valence-corrected chi connectivity index (χ0v) is 12.2. The Labute approximate surface area is 115 Å². The lowest BCUT2D eigenvalue weighted by Crippen LogP contribution is -2.30. The van der Waals surface area contributed by atoms with E-state index in [0.717, 1.165) is 13.0 Å². The predicted molar refractivity (Wildman–Crippen MR) is 75.2 cm³/mol. The first-order chi connectivity index (χ1) is 9.12. The van der Waals surface area contributed by atoms with Crippen molar-refractivity contribution in [2.45, 2.75) is 25.8 Å². The molecule has 0 bridgehead atoms. The molecule has 0 aliphatic carbocycles. The highest BCUT2D eigenvalue weighted by molar-refractivity contribution is 5.31. The number of ether oxygens (including phenoxy) is 2. The topological polar surface area (TPSA) is 30.5 Å². The van der Waals surface area contributed by atoms with Gasteiger partial charge in [-0.15, -0.1) is 0 Å². The van der Waals surface area contributed by atoms with E-state index in [2.05, 4.69) is 12.2 Å². The van der Waals surface area contributed by atoms with Gasteiger partial charge in [-0.05, 0) is 37.4 Å². The first-order valence-corrected chi connectivity index (χ1v) is 6.59. The van der Waals surface area contributed by atoms with Gasteiger partial charge in [0, 0.05) is 19.8 Å². The Bertz CT molecular complexity index is 384. The monoisotopic (exact) mass is 269 g/mol. The number of likely N-dealkylation sites (N-methyl/N-ethyl adjacent to an activating group) is 1. The van der Waals surface area contributed by atoms with Crippen molar-refractivity contribution >= 4 is 0 Å². The summed E-state index contributed by atoms with van der Waals surface area (Å²) in [5.74, 6) is 0.484. The lowest BCUT2D eigenvalue weighted by molar-refractivity contribution is 0.150. The van der Waals surface area contributed by atoms with Gasteiger partial charge in [0.1, 0.15) is 0 Å². The highest BCUT2D eigenvalue weighted by atomic mass is 19.1. The van der Waals surface area contributed by atoms with Crippen LogP contribution in [0, 0.1) is 11.7 Å². The summed E-state index contributed by atoms with van der Waals surface area (Å²) in [5, 5.41) is 3.24. The minimum absolute atomic E-state index is 0.228. The standard InChI is InChI=1S/C15H24FNO2/c1-11(10-18-3)8-13(17-2)9-12-6-5-7-14(19-4)15(12)16/h5-7,11,13,17H,8-10H2,1-4H3. The maximum atomic E-state index is 14.1. The Morgan fingerprint density at radius 2 is 2.05 bits per heavy atom. The number of hydrogen-bond acceptors (Lipinski definition) is 3. The van der Waals surface area contributed by atoms with Crippen LogP contribution >= 0.6 is 0 Å². The summed E-state index contributed by atoms with van der Waals surface area (Å²) in [7, 11) is 5.09. The number of hydrogen-bond donors (Lipinski definition) is 1. The second kappa shape index (κ2) is 8.12. The number of methoxy groups -OCH3 is 2. The van der Waals surface area contributed by atoms with Crippen molar-refractivity contribution in [3.8, 4) is 5.75 Å². The summed E-state index contributed by atoms with van der Waals surface area (Å²) in [5.41, 5.74) is 0.684. The second-order valence-electron chi connectivity index (χ2n) is 4.92. The van der Waals surface area contributed by atoms with E-state index in [4.69, 9.17) is 9.47 Å². The van der Waals surface area contributed by atoms with Gasteiger partial charge >= 0.3 is 0 Å². The van der Waals surface area contributed by atoms with Crippen LogP contribution in [0.25, 0.3) is 0 Å². The summed E-state index contributed by atoms with van der Waals surface area (Å²) in [4.78, 5) is 0. The first-order valence-electron chi connectivity index (χ1n) is 6.59. The molecule has 1 N–H and O–H groups in total. The molecule has 0 aliphatic rings.